The number of terminal acetylenes is 1. The molecule has 2 rings (SSSR count). The van der Waals surface area contributed by atoms with Crippen molar-refractivity contribution in [1.29, 1.82) is 0 Å². The van der Waals surface area contributed by atoms with Crippen molar-refractivity contribution in [3.8, 4) is 12.3 Å². The van der Waals surface area contributed by atoms with Crippen LogP contribution in [0.4, 0.5) is 0 Å². The number of rotatable bonds is 3. The Bertz CT molecular complexity index is 396. The van der Waals surface area contributed by atoms with E-state index in [2.05, 4.69) is 42.4 Å². The van der Waals surface area contributed by atoms with E-state index in [1.54, 1.807) is 0 Å². The third kappa shape index (κ3) is 2.28. The highest BCUT2D eigenvalue weighted by Crippen LogP contribution is 2.38. The van der Waals surface area contributed by atoms with Crippen LogP contribution in [0.5, 0.6) is 0 Å². The van der Waals surface area contributed by atoms with Gasteiger partial charge in [-0.05, 0) is 43.7 Å². The predicted molar refractivity (Wildman–Crippen MR) is 68.4 cm³/mol. The van der Waals surface area contributed by atoms with Crippen molar-refractivity contribution in [2.75, 3.05) is 0 Å². The van der Waals surface area contributed by atoms with Gasteiger partial charge in [0.05, 0.1) is 6.04 Å². The molecule has 0 aliphatic heterocycles. The normalized spacial score (nSPS) is 25.6. The molecule has 84 valence electrons. The average molecular weight is 213 g/mol. The molecule has 1 aromatic carbocycles. The second-order valence-corrected chi connectivity index (χ2v) is 4.78. The van der Waals surface area contributed by atoms with Gasteiger partial charge in [0, 0.05) is 6.04 Å². The van der Waals surface area contributed by atoms with Crippen molar-refractivity contribution in [2.45, 2.75) is 44.7 Å². The molecule has 0 saturated heterocycles. The Labute approximate surface area is 98.3 Å². The Morgan fingerprint density at radius 1 is 1.38 bits per heavy atom. The molecule has 1 N–H and O–H groups in total. The second-order valence-electron chi connectivity index (χ2n) is 4.78. The molecule has 0 bridgehead atoms. The molecule has 1 saturated carbocycles. The molecule has 0 heterocycles. The Balaban J connectivity index is 1.90. The number of aryl methyl sites for hydroxylation is 1. The van der Waals surface area contributed by atoms with Gasteiger partial charge < -0.3 is 5.32 Å². The van der Waals surface area contributed by atoms with Crippen molar-refractivity contribution < 1.29 is 0 Å². The number of nitrogens with one attached hydrogen (secondary N) is 1. The molecule has 1 aliphatic rings. The summed E-state index contributed by atoms with van der Waals surface area (Å²) in [5.74, 6) is 3.44. The fraction of sp³-hybridized carbons (Fsp3) is 0.467. The highest BCUT2D eigenvalue weighted by molar-refractivity contribution is 5.31. The monoisotopic (exact) mass is 213 g/mol. The highest BCUT2D eigenvalue weighted by atomic mass is 15.0. The van der Waals surface area contributed by atoms with Crippen LogP contribution in [0.2, 0.25) is 0 Å². The van der Waals surface area contributed by atoms with E-state index >= 15 is 0 Å². The molecule has 0 aromatic heterocycles. The van der Waals surface area contributed by atoms with E-state index in [9.17, 15) is 0 Å². The van der Waals surface area contributed by atoms with Gasteiger partial charge in [-0.1, -0.05) is 30.2 Å². The summed E-state index contributed by atoms with van der Waals surface area (Å²) < 4.78 is 0. The lowest BCUT2D eigenvalue weighted by atomic mass is 9.74. The molecule has 1 nitrogen and oxygen atoms in total. The maximum atomic E-state index is 5.36. The van der Waals surface area contributed by atoms with Gasteiger partial charge >= 0.3 is 0 Å². The van der Waals surface area contributed by atoms with Crippen LogP contribution in [0.15, 0.2) is 24.3 Å². The minimum Gasteiger partial charge on any atom is -0.301 e. The van der Waals surface area contributed by atoms with E-state index in [-0.39, 0.29) is 6.04 Å². The molecular formula is C15H19N. The zero-order valence-corrected chi connectivity index (χ0v) is 10.0. The number of hydrogen-bond donors (Lipinski definition) is 1. The molecule has 1 heteroatoms. The quantitative estimate of drug-likeness (QED) is 0.761. The summed E-state index contributed by atoms with van der Waals surface area (Å²) in [5.41, 5.74) is 2.92. The number of hydrogen-bond acceptors (Lipinski definition) is 1. The largest absolute Gasteiger partial charge is 0.301 e. The lowest BCUT2D eigenvalue weighted by molar-refractivity contribution is 0.283. The molecule has 1 atom stereocenters. The molecule has 1 unspecified atom stereocenters. The van der Waals surface area contributed by atoms with E-state index < -0.39 is 0 Å². The fourth-order valence-corrected chi connectivity index (χ4v) is 2.45. The van der Waals surface area contributed by atoms with Crippen LogP contribution in [0.1, 0.15) is 36.8 Å². The molecule has 0 spiro atoms. The summed E-state index contributed by atoms with van der Waals surface area (Å²) >= 11 is 0. The van der Waals surface area contributed by atoms with Gasteiger partial charge in [0.2, 0.25) is 0 Å². The molecule has 0 amide bonds. The van der Waals surface area contributed by atoms with Gasteiger partial charge in [0.15, 0.2) is 0 Å². The van der Waals surface area contributed by atoms with Gasteiger partial charge in [-0.15, -0.1) is 6.42 Å². The first-order valence-corrected chi connectivity index (χ1v) is 5.98. The van der Waals surface area contributed by atoms with Crippen molar-refractivity contribution in [3.05, 3.63) is 35.4 Å². The maximum absolute atomic E-state index is 5.36. The maximum Gasteiger partial charge on any atom is 0.0660 e. The highest BCUT2D eigenvalue weighted by Gasteiger charge is 2.31. The van der Waals surface area contributed by atoms with Crippen molar-refractivity contribution in [1.82, 2.24) is 5.32 Å². The molecule has 16 heavy (non-hydrogen) atoms. The third-order valence-corrected chi connectivity index (χ3v) is 3.50. The molecule has 1 aliphatic carbocycles. The first-order valence-electron chi connectivity index (χ1n) is 5.98. The summed E-state index contributed by atoms with van der Waals surface area (Å²) in [6, 6.07) is 9.49. The van der Waals surface area contributed by atoms with Gasteiger partial charge in [-0.3, -0.25) is 0 Å². The van der Waals surface area contributed by atoms with Crippen LogP contribution in [0.3, 0.4) is 0 Å². The van der Waals surface area contributed by atoms with Crippen molar-refractivity contribution >= 4 is 0 Å². The first kappa shape index (κ1) is 11.2. The van der Waals surface area contributed by atoms with E-state index in [0.717, 1.165) is 5.92 Å². The van der Waals surface area contributed by atoms with Crippen LogP contribution >= 0.6 is 0 Å². The Morgan fingerprint density at radius 3 is 2.69 bits per heavy atom. The van der Waals surface area contributed by atoms with Crippen LogP contribution in [0, 0.1) is 19.3 Å². The molecule has 1 aromatic rings. The topological polar surface area (TPSA) is 12.0 Å². The third-order valence-electron chi connectivity index (χ3n) is 3.50. The van der Waals surface area contributed by atoms with Gasteiger partial charge in [0.1, 0.15) is 0 Å². The van der Waals surface area contributed by atoms with E-state index in [4.69, 9.17) is 6.42 Å². The van der Waals surface area contributed by atoms with Crippen LogP contribution in [0.25, 0.3) is 0 Å². The van der Waals surface area contributed by atoms with E-state index in [1.165, 1.54) is 24.0 Å². The van der Waals surface area contributed by atoms with Gasteiger partial charge in [-0.2, -0.15) is 0 Å². The Hall–Kier alpha value is -1.26. The Kier molecular flexibility index (Phi) is 3.31. The second kappa shape index (κ2) is 4.72. The summed E-state index contributed by atoms with van der Waals surface area (Å²) in [6.07, 6.45) is 7.79. The predicted octanol–water partition coefficient (Wildman–Crippen LogP) is 2.85. The van der Waals surface area contributed by atoms with E-state index in [0.29, 0.717) is 6.04 Å². The van der Waals surface area contributed by atoms with Crippen LogP contribution in [-0.2, 0) is 0 Å². The standard InChI is InChI=1S/C15H19N/c1-4-12(3)16-14-9-13(10-14)15-8-6-5-7-11(15)2/h1,5-8,12-14,16H,9-10H2,2-3H3. The number of benzene rings is 1. The first-order chi connectivity index (χ1) is 7.70. The molecular weight excluding hydrogens is 194 g/mol. The lowest BCUT2D eigenvalue weighted by Gasteiger charge is -2.38. The summed E-state index contributed by atoms with van der Waals surface area (Å²) in [4.78, 5) is 0. The minimum absolute atomic E-state index is 0.197. The van der Waals surface area contributed by atoms with Crippen LogP contribution < -0.4 is 5.32 Å². The average Bonchev–Trinajstić information content (AvgIpc) is 2.24. The summed E-state index contributed by atoms with van der Waals surface area (Å²) in [7, 11) is 0. The van der Waals surface area contributed by atoms with Gasteiger partial charge in [0.25, 0.3) is 0 Å². The molecule has 0 radical (unpaired) electrons. The zero-order chi connectivity index (χ0) is 11.5. The SMILES string of the molecule is C#CC(C)NC1CC(c2ccccc2C)C1. The smallest absolute Gasteiger partial charge is 0.0660 e. The van der Waals surface area contributed by atoms with Crippen LogP contribution in [-0.4, -0.2) is 12.1 Å². The fourth-order valence-electron chi connectivity index (χ4n) is 2.45. The summed E-state index contributed by atoms with van der Waals surface area (Å²) in [6.45, 7) is 4.24. The zero-order valence-electron chi connectivity index (χ0n) is 10.0. The Morgan fingerprint density at radius 2 is 2.06 bits per heavy atom. The van der Waals surface area contributed by atoms with Crippen molar-refractivity contribution in [2.24, 2.45) is 0 Å². The lowest BCUT2D eigenvalue weighted by Crippen LogP contribution is -2.44. The van der Waals surface area contributed by atoms with Gasteiger partial charge in [-0.25, -0.2) is 0 Å². The minimum atomic E-state index is 0.197. The molecule has 1 fully saturated rings. The van der Waals surface area contributed by atoms with Crippen molar-refractivity contribution in [3.63, 3.8) is 0 Å². The van der Waals surface area contributed by atoms with E-state index in [1.807, 2.05) is 6.92 Å². The summed E-state index contributed by atoms with van der Waals surface area (Å²) in [5, 5.41) is 3.45.